The molecular weight excluding hydrogens is 262 g/mol. The molecule has 0 aromatic carbocycles. The van der Waals surface area contributed by atoms with Crippen molar-refractivity contribution in [2.45, 2.75) is 38.9 Å². The molecule has 1 aliphatic rings. The lowest BCUT2D eigenvalue weighted by atomic mass is 10.2. The van der Waals surface area contributed by atoms with Crippen LogP contribution in [0.1, 0.15) is 25.3 Å². The molecule has 7 heteroatoms. The SMILES string of the molecule is CCOc1ncnc(NCC2CCC(C(=O)O)O2)c1C. The highest BCUT2D eigenvalue weighted by atomic mass is 16.5. The Morgan fingerprint density at radius 2 is 2.35 bits per heavy atom. The number of carbonyl (C=O) groups is 1. The van der Waals surface area contributed by atoms with Gasteiger partial charge in [0.25, 0.3) is 0 Å². The van der Waals surface area contributed by atoms with Gasteiger partial charge in [0.2, 0.25) is 5.88 Å². The molecule has 2 unspecified atom stereocenters. The highest BCUT2D eigenvalue weighted by molar-refractivity contribution is 5.72. The van der Waals surface area contributed by atoms with Crippen molar-refractivity contribution in [1.82, 2.24) is 9.97 Å². The van der Waals surface area contributed by atoms with Crippen molar-refractivity contribution in [3.8, 4) is 5.88 Å². The van der Waals surface area contributed by atoms with Gasteiger partial charge in [-0.25, -0.2) is 14.8 Å². The summed E-state index contributed by atoms with van der Waals surface area (Å²) in [5.74, 6) is 0.343. The number of nitrogens with zero attached hydrogens (tertiary/aromatic N) is 2. The summed E-state index contributed by atoms with van der Waals surface area (Å²) in [6, 6.07) is 0. The van der Waals surface area contributed by atoms with E-state index in [4.69, 9.17) is 14.6 Å². The zero-order chi connectivity index (χ0) is 14.5. The third-order valence-corrected chi connectivity index (χ3v) is 3.20. The molecule has 7 nitrogen and oxygen atoms in total. The number of rotatable bonds is 6. The molecule has 0 bridgehead atoms. The van der Waals surface area contributed by atoms with E-state index in [1.54, 1.807) is 0 Å². The van der Waals surface area contributed by atoms with Gasteiger partial charge in [0.05, 0.1) is 18.3 Å². The maximum atomic E-state index is 10.8. The molecule has 110 valence electrons. The summed E-state index contributed by atoms with van der Waals surface area (Å²) in [6.07, 6.45) is 1.92. The van der Waals surface area contributed by atoms with Crippen LogP contribution < -0.4 is 10.1 Å². The maximum absolute atomic E-state index is 10.8. The summed E-state index contributed by atoms with van der Waals surface area (Å²) in [4.78, 5) is 19.0. The minimum Gasteiger partial charge on any atom is -0.479 e. The lowest BCUT2D eigenvalue weighted by molar-refractivity contribution is -0.149. The molecule has 0 aliphatic carbocycles. The fourth-order valence-corrected chi connectivity index (χ4v) is 2.14. The third-order valence-electron chi connectivity index (χ3n) is 3.20. The quantitative estimate of drug-likeness (QED) is 0.809. The summed E-state index contributed by atoms with van der Waals surface area (Å²) in [6.45, 7) is 4.84. The first-order valence-electron chi connectivity index (χ1n) is 6.68. The van der Waals surface area contributed by atoms with Crippen molar-refractivity contribution < 1.29 is 19.4 Å². The fourth-order valence-electron chi connectivity index (χ4n) is 2.14. The molecule has 2 atom stereocenters. The number of aromatic nitrogens is 2. The van der Waals surface area contributed by atoms with Crippen LogP contribution in [0.4, 0.5) is 5.82 Å². The number of ether oxygens (including phenoxy) is 2. The Labute approximate surface area is 117 Å². The average Bonchev–Trinajstić information content (AvgIpc) is 2.89. The minimum atomic E-state index is -0.899. The number of hydrogen-bond acceptors (Lipinski definition) is 6. The lowest BCUT2D eigenvalue weighted by Gasteiger charge is -2.15. The van der Waals surface area contributed by atoms with E-state index in [-0.39, 0.29) is 6.10 Å². The van der Waals surface area contributed by atoms with Crippen LogP contribution in [0.15, 0.2) is 6.33 Å². The Morgan fingerprint density at radius 1 is 1.55 bits per heavy atom. The predicted molar refractivity (Wildman–Crippen MR) is 72.0 cm³/mol. The number of aliphatic carboxylic acids is 1. The fraction of sp³-hybridized carbons (Fsp3) is 0.615. The highest BCUT2D eigenvalue weighted by Gasteiger charge is 2.30. The van der Waals surface area contributed by atoms with E-state index in [0.717, 1.165) is 12.0 Å². The van der Waals surface area contributed by atoms with Gasteiger partial charge < -0.3 is 19.9 Å². The summed E-state index contributed by atoms with van der Waals surface area (Å²) < 4.78 is 10.8. The Balaban J connectivity index is 1.91. The molecule has 1 aromatic rings. The van der Waals surface area contributed by atoms with Gasteiger partial charge in [-0.2, -0.15) is 0 Å². The van der Waals surface area contributed by atoms with E-state index in [2.05, 4.69) is 15.3 Å². The van der Waals surface area contributed by atoms with E-state index in [1.807, 2.05) is 13.8 Å². The average molecular weight is 281 g/mol. The van der Waals surface area contributed by atoms with Crippen LogP contribution in [0, 0.1) is 6.92 Å². The molecule has 0 saturated carbocycles. The van der Waals surface area contributed by atoms with E-state index >= 15 is 0 Å². The zero-order valence-corrected chi connectivity index (χ0v) is 11.6. The van der Waals surface area contributed by atoms with Gasteiger partial charge in [-0.1, -0.05) is 0 Å². The van der Waals surface area contributed by atoms with Crippen LogP contribution >= 0.6 is 0 Å². The molecule has 0 radical (unpaired) electrons. The van der Waals surface area contributed by atoms with Crippen molar-refractivity contribution in [3.63, 3.8) is 0 Å². The van der Waals surface area contributed by atoms with Gasteiger partial charge in [0.1, 0.15) is 12.1 Å². The second kappa shape index (κ2) is 6.51. The first-order valence-corrected chi connectivity index (χ1v) is 6.68. The molecule has 1 fully saturated rings. The molecule has 2 rings (SSSR count). The highest BCUT2D eigenvalue weighted by Crippen LogP contribution is 2.23. The molecule has 0 amide bonds. The number of anilines is 1. The molecule has 1 aliphatic heterocycles. The molecule has 1 saturated heterocycles. The summed E-state index contributed by atoms with van der Waals surface area (Å²) in [5, 5.41) is 12.0. The second-order valence-corrected chi connectivity index (χ2v) is 4.63. The lowest BCUT2D eigenvalue weighted by Crippen LogP contribution is -2.25. The van der Waals surface area contributed by atoms with Crippen LogP contribution in [0.5, 0.6) is 5.88 Å². The summed E-state index contributed by atoms with van der Waals surface area (Å²) in [7, 11) is 0. The maximum Gasteiger partial charge on any atom is 0.332 e. The van der Waals surface area contributed by atoms with Gasteiger partial charge in [0.15, 0.2) is 6.10 Å². The second-order valence-electron chi connectivity index (χ2n) is 4.63. The standard InChI is InChI=1S/C13H19N3O4/c1-3-19-12-8(2)11(15-7-16-12)14-6-9-4-5-10(20-9)13(17)18/h7,9-10H,3-6H2,1-2H3,(H,17,18)(H,14,15,16). The third kappa shape index (κ3) is 3.36. The smallest absolute Gasteiger partial charge is 0.332 e. The van der Waals surface area contributed by atoms with Crippen molar-refractivity contribution in [2.75, 3.05) is 18.5 Å². The molecule has 2 heterocycles. The minimum absolute atomic E-state index is 0.110. The zero-order valence-electron chi connectivity index (χ0n) is 11.6. The van der Waals surface area contributed by atoms with Crippen molar-refractivity contribution in [3.05, 3.63) is 11.9 Å². The van der Waals surface area contributed by atoms with Gasteiger partial charge in [-0.15, -0.1) is 0 Å². The van der Waals surface area contributed by atoms with Crippen LogP contribution in [-0.2, 0) is 9.53 Å². The Bertz CT molecular complexity index is 481. The van der Waals surface area contributed by atoms with Crippen LogP contribution in [0.3, 0.4) is 0 Å². The number of carboxylic acids is 1. The summed E-state index contributed by atoms with van der Waals surface area (Å²) in [5.41, 5.74) is 0.835. The van der Waals surface area contributed by atoms with Crippen LogP contribution in [0.25, 0.3) is 0 Å². The Kier molecular flexibility index (Phi) is 4.73. The molecule has 20 heavy (non-hydrogen) atoms. The first kappa shape index (κ1) is 14.5. The van der Waals surface area contributed by atoms with E-state index in [9.17, 15) is 4.79 Å². The monoisotopic (exact) mass is 281 g/mol. The van der Waals surface area contributed by atoms with Gasteiger partial charge >= 0.3 is 5.97 Å². The molecule has 2 N–H and O–H groups in total. The largest absolute Gasteiger partial charge is 0.479 e. The molecule has 0 spiro atoms. The van der Waals surface area contributed by atoms with Gasteiger partial charge in [-0.3, -0.25) is 0 Å². The van der Waals surface area contributed by atoms with E-state index in [0.29, 0.717) is 31.3 Å². The van der Waals surface area contributed by atoms with Crippen molar-refractivity contribution in [2.24, 2.45) is 0 Å². The number of hydrogen-bond donors (Lipinski definition) is 2. The van der Waals surface area contributed by atoms with E-state index < -0.39 is 12.1 Å². The van der Waals surface area contributed by atoms with E-state index in [1.165, 1.54) is 6.33 Å². The molecular formula is C13H19N3O4. The normalized spacial score (nSPS) is 21.7. The van der Waals surface area contributed by atoms with Crippen LogP contribution in [0.2, 0.25) is 0 Å². The van der Waals surface area contributed by atoms with Crippen molar-refractivity contribution >= 4 is 11.8 Å². The Morgan fingerprint density at radius 3 is 3.00 bits per heavy atom. The Hall–Kier alpha value is -1.89. The van der Waals surface area contributed by atoms with Gasteiger partial charge in [-0.05, 0) is 26.7 Å². The molecule has 1 aromatic heterocycles. The number of carboxylic acid groups (broad SMARTS) is 1. The summed E-state index contributed by atoms with van der Waals surface area (Å²) >= 11 is 0. The van der Waals surface area contributed by atoms with Gasteiger partial charge in [0, 0.05) is 6.54 Å². The van der Waals surface area contributed by atoms with Crippen molar-refractivity contribution in [1.29, 1.82) is 0 Å². The first-order chi connectivity index (χ1) is 9.61. The topological polar surface area (TPSA) is 93.6 Å². The number of nitrogens with one attached hydrogen (secondary N) is 1. The van der Waals surface area contributed by atoms with Crippen LogP contribution in [-0.4, -0.2) is 46.4 Å². The predicted octanol–water partition coefficient (Wildman–Crippen LogP) is 1.23.